The number of hydrogen-bond donors (Lipinski definition) is 1. The summed E-state index contributed by atoms with van der Waals surface area (Å²) in [6.45, 7) is 5.51. The maximum absolute atomic E-state index is 11.7. The van der Waals surface area contributed by atoms with Gasteiger partial charge >= 0.3 is 0 Å². The number of aryl methyl sites for hydroxylation is 1. The highest BCUT2D eigenvalue weighted by Crippen LogP contribution is 2.49. The van der Waals surface area contributed by atoms with E-state index in [0.29, 0.717) is 17.4 Å². The number of pyridine rings is 2. The Morgan fingerprint density at radius 2 is 1.91 bits per heavy atom. The van der Waals surface area contributed by atoms with Crippen LogP contribution in [0, 0.1) is 23.2 Å². The summed E-state index contributed by atoms with van der Waals surface area (Å²) in [5.41, 5.74) is 4.94. The van der Waals surface area contributed by atoms with Crippen molar-refractivity contribution in [3.8, 4) is 28.3 Å². The van der Waals surface area contributed by atoms with Gasteiger partial charge in [-0.25, -0.2) is 9.50 Å². The lowest BCUT2D eigenvalue weighted by molar-refractivity contribution is -0.126. The third-order valence-corrected chi connectivity index (χ3v) is 7.75. The van der Waals surface area contributed by atoms with E-state index in [1.807, 2.05) is 37.9 Å². The Morgan fingerprint density at radius 1 is 1.11 bits per heavy atom. The Balaban J connectivity index is 1.33. The van der Waals surface area contributed by atoms with Crippen molar-refractivity contribution in [1.82, 2.24) is 29.7 Å². The molecule has 4 aromatic rings. The van der Waals surface area contributed by atoms with Gasteiger partial charge in [-0.1, -0.05) is 0 Å². The molecule has 176 valence electrons. The van der Waals surface area contributed by atoms with E-state index in [9.17, 15) is 10.1 Å². The molecule has 2 unspecified atom stereocenters. The fraction of sp³-hybridized carbons (Fsp3) is 0.346. The summed E-state index contributed by atoms with van der Waals surface area (Å²) < 4.78 is 3.52. The normalized spacial score (nSPS) is 23.1. The summed E-state index contributed by atoms with van der Waals surface area (Å²) in [5.74, 6) is 1.82. The quantitative estimate of drug-likeness (QED) is 0.496. The minimum atomic E-state index is -0.115. The summed E-state index contributed by atoms with van der Waals surface area (Å²) in [7, 11) is 1.89. The molecule has 1 saturated carbocycles. The molecule has 3 fully saturated rings. The van der Waals surface area contributed by atoms with Gasteiger partial charge in [0.1, 0.15) is 11.9 Å². The Bertz CT molecular complexity index is 1480. The predicted octanol–water partition coefficient (Wildman–Crippen LogP) is 3.02. The molecule has 4 aromatic heterocycles. The summed E-state index contributed by atoms with van der Waals surface area (Å²) in [5, 5.41) is 21.5. The molecule has 1 amide bonds. The molecule has 2 bridgehead atoms. The molecule has 6 heterocycles. The molecule has 35 heavy (non-hydrogen) atoms. The van der Waals surface area contributed by atoms with Crippen molar-refractivity contribution in [1.29, 1.82) is 5.26 Å². The van der Waals surface area contributed by atoms with Crippen molar-refractivity contribution in [2.45, 2.75) is 25.8 Å². The zero-order valence-corrected chi connectivity index (χ0v) is 19.9. The second kappa shape index (κ2) is 7.67. The summed E-state index contributed by atoms with van der Waals surface area (Å²) in [6, 6.07) is 8.44. The monoisotopic (exact) mass is 466 g/mol. The maximum atomic E-state index is 11.7. The van der Waals surface area contributed by atoms with Crippen LogP contribution in [0.5, 0.6) is 0 Å². The van der Waals surface area contributed by atoms with E-state index in [4.69, 9.17) is 4.98 Å². The van der Waals surface area contributed by atoms with Gasteiger partial charge in [0.05, 0.1) is 23.5 Å². The first-order chi connectivity index (χ1) is 16.9. The average Bonchev–Trinajstić information content (AvgIpc) is 3.49. The highest BCUT2D eigenvalue weighted by Gasteiger charge is 2.56. The molecule has 1 N–H and O–H groups in total. The van der Waals surface area contributed by atoms with Gasteiger partial charge in [0.15, 0.2) is 0 Å². The SMILES string of the molecule is CC(=O)NC1(C)C2CC1CN(c1ccc(-c3cc(-c4cnn(C)c4)cn4ncc(C#N)c34)cn1)C2. The van der Waals surface area contributed by atoms with Crippen molar-refractivity contribution in [3.63, 3.8) is 0 Å². The highest BCUT2D eigenvalue weighted by molar-refractivity contribution is 5.87. The van der Waals surface area contributed by atoms with Crippen molar-refractivity contribution < 1.29 is 4.79 Å². The first-order valence-corrected chi connectivity index (χ1v) is 11.8. The van der Waals surface area contributed by atoms with Crippen molar-refractivity contribution in [2.75, 3.05) is 18.0 Å². The van der Waals surface area contributed by atoms with Crippen LogP contribution in [0.1, 0.15) is 25.8 Å². The number of hydrogen-bond acceptors (Lipinski definition) is 6. The lowest BCUT2D eigenvalue weighted by Gasteiger charge is -2.61. The van der Waals surface area contributed by atoms with Gasteiger partial charge in [-0.2, -0.15) is 15.5 Å². The van der Waals surface area contributed by atoms with E-state index in [1.54, 1.807) is 22.3 Å². The molecule has 3 aliphatic rings. The van der Waals surface area contributed by atoms with E-state index in [-0.39, 0.29) is 11.4 Å². The number of carbonyl (C=O) groups is 1. The van der Waals surface area contributed by atoms with Crippen molar-refractivity contribution >= 4 is 17.2 Å². The first-order valence-electron chi connectivity index (χ1n) is 11.8. The predicted molar refractivity (Wildman–Crippen MR) is 131 cm³/mol. The fourth-order valence-electron chi connectivity index (χ4n) is 5.80. The molecule has 9 nitrogen and oxygen atoms in total. The number of anilines is 1. The number of aromatic nitrogens is 5. The lowest BCUT2D eigenvalue weighted by Crippen LogP contribution is -2.72. The summed E-state index contributed by atoms with van der Waals surface area (Å²) >= 11 is 0. The zero-order valence-electron chi connectivity index (χ0n) is 19.9. The molecule has 2 aliphatic heterocycles. The summed E-state index contributed by atoms with van der Waals surface area (Å²) in [4.78, 5) is 18.8. The smallest absolute Gasteiger partial charge is 0.217 e. The Labute approximate surface area is 203 Å². The van der Waals surface area contributed by atoms with Crippen LogP contribution < -0.4 is 10.2 Å². The third-order valence-electron chi connectivity index (χ3n) is 7.75. The van der Waals surface area contributed by atoms with Gasteiger partial charge in [0, 0.05) is 85.3 Å². The molecule has 2 saturated heterocycles. The third kappa shape index (κ3) is 3.36. The number of fused-ring (bicyclic) bond motifs is 3. The van der Waals surface area contributed by atoms with Gasteiger partial charge in [-0.3, -0.25) is 9.48 Å². The van der Waals surface area contributed by atoms with Crippen LogP contribution in [-0.4, -0.2) is 48.9 Å². The molecule has 0 aromatic carbocycles. The Hall–Kier alpha value is -4.19. The number of piperidine rings is 2. The van der Waals surface area contributed by atoms with Crippen LogP contribution in [0.2, 0.25) is 0 Å². The van der Waals surface area contributed by atoms with E-state index >= 15 is 0 Å². The van der Waals surface area contributed by atoms with Crippen molar-refractivity contribution in [2.24, 2.45) is 18.9 Å². The van der Waals surface area contributed by atoms with Crippen LogP contribution >= 0.6 is 0 Å². The minimum Gasteiger partial charge on any atom is -0.356 e. The van der Waals surface area contributed by atoms with Crippen molar-refractivity contribution in [3.05, 3.63) is 54.7 Å². The van der Waals surface area contributed by atoms with Crippen LogP contribution in [0.4, 0.5) is 5.82 Å². The van der Waals surface area contributed by atoms with Gasteiger partial charge in [-0.05, 0) is 31.5 Å². The summed E-state index contributed by atoms with van der Waals surface area (Å²) in [6.07, 6.45) is 10.3. The molecule has 2 atom stereocenters. The molecule has 0 spiro atoms. The van der Waals surface area contributed by atoms with E-state index < -0.39 is 0 Å². The van der Waals surface area contributed by atoms with Gasteiger partial charge in [0.2, 0.25) is 5.91 Å². The Morgan fingerprint density at radius 3 is 2.54 bits per heavy atom. The van der Waals surface area contributed by atoms with Crippen LogP contribution in [0.25, 0.3) is 27.8 Å². The number of rotatable bonds is 4. The molecule has 0 radical (unpaired) electrons. The second-order valence-corrected chi connectivity index (χ2v) is 9.91. The zero-order chi connectivity index (χ0) is 24.3. The minimum absolute atomic E-state index is 0.0366. The second-order valence-electron chi connectivity index (χ2n) is 9.91. The van der Waals surface area contributed by atoms with Gasteiger partial charge in [0.25, 0.3) is 0 Å². The number of nitriles is 1. The topological polar surface area (TPSA) is 104 Å². The number of carbonyl (C=O) groups excluding carboxylic acids is 1. The first kappa shape index (κ1) is 21.4. The largest absolute Gasteiger partial charge is 0.356 e. The molecular weight excluding hydrogens is 440 g/mol. The van der Waals surface area contributed by atoms with Crippen LogP contribution in [0.3, 0.4) is 0 Å². The number of amides is 1. The lowest BCUT2D eigenvalue weighted by atomic mass is 9.56. The van der Waals surface area contributed by atoms with Gasteiger partial charge < -0.3 is 10.2 Å². The molecular formula is C26H26N8O. The standard InChI is InChI=1S/C26H26N8O/c1-16(35)31-26(2)21-7-22(26)15-33(14-21)24-5-4-17(9-28-24)23-6-18(20-11-29-32(3)12-20)13-34-25(23)19(8-27)10-30-34/h4-6,9-13,21-22H,7,14-15H2,1-3H3,(H,31,35). The van der Waals surface area contributed by atoms with E-state index in [0.717, 1.165) is 53.1 Å². The number of nitrogens with one attached hydrogen (secondary N) is 1. The van der Waals surface area contributed by atoms with Crippen LogP contribution in [0.15, 0.2) is 49.2 Å². The highest BCUT2D eigenvalue weighted by atomic mass is 16.1. The number of nitrogens with zero attached hydrogens (tertiary/aromatic N) is 7. The fourth-order valence-corrected chi connectivity index (χ4v) is 5.80. The average molecular weight is 467 g/mol. The molecule has 1 aliphatic carbocycles. The van der Waals surface area contributed by atoms with Crippen LogP contribution in [-0.2, 0) is 11.8 Å². The maximum Gasteiger partial charge on any atom is 0.217 e. The molecule has 7 rings (SSSR count). The molecule has 9 heteroatoms. The Kier molecular flexibility index (Phi) is 4.68. The van der Waals surface area contributed by atoms with Gasteiger partial charge in [-0.15, -0.1) is 0 Å². The van der Waals surface area contributed by atoms with E-state index in [2.05, 4.69) is 45.5 Å². The van der Waals surface area contributed by atoms with E-state index in [1.165, 1.54) is 0 Å².